The van der Waals surface area contributed by atoms with Gasteiger partial charge in [-0.3, -0.25) is 0 Å². The minimum atomic E-state index is -0.149. The molecule has 0 spiro atoms. The van der Waals surface area contributed by atoms with Gasteiger partial charge in [0.05, 0.1) is 28.1 Å². The molecule has 2 rings (SSSR count). The summed E-state index contributed by atoms with van der Waals surface area (Å²) in [6, 6.07) is 19.1. The van der Waals surface area contributed by atoms with Crippen LogP contribution in [0.15, 0.2) is 48.5 Å². The van der Waals surface area contributed by atoms with Gasteiger partial charge in [-0.25, -0.2) is 0 Å². The number of rotatable bonds is 2. The summed E-state index contributed by atoms with van der Waals surface area (Å²) >= 11 is 3.58. The van der Waals surface area contributed by atoms with Crippen LogP contribution in [0.5, 0.6) is 0 Å². The lowest BCUT2D eigenvalue weighted by atomic mass is 9.97. The number of halogens is 1. The maximum absolute atomic E-state index is 9.10. The highest BCUT2D eigenvalue weighted by Gasteiger charge is 2.16. The van der Waals surface area contributed by atoms with Crippen molar-refractivity contribution in [1.29, 1.82) is 10.5 Å². The van der Waals surface area contributed by atoms with E-state index in [4.69, 9.17) is 10.5 Å². The Labute approximate surface area is 114 Å². The molecule has 2 nitrogen and oxygen atoms in total. The van der Waals surface area contributed by atoms with Crippen LogP contribution in [0.2, 0.25) is 0 Å². The van der Waals surface area contributed by atoms with E-state index in [1.807, 2.05) is 36.4 Å². The molecule has 0 atom stereocenters. The van der Waals surface area contributed by atoms with Gasteiger partial charge in [-0.1, -0.05) is 52.3 Å². The summed E-state index contributed by atoms with van der Waals surface area (Å²) in [4.78, 5) is -0.149. The van der Waals surface area contributed by atoms with E-state index in [2.05, 4.69) is 28.1 Å². The van der Waals surface area contributed by atoms with Gasteiger partial charge in [-0.15, -0.1) is 0 Å². The zero-order valence-electron chi connectivity index (χ0n) is 9.47. The van der Waals surface area contributed by atoms with Crippen molar-refractivity contribution >= 4 is 15.9 Å². The fourth-order valence-corrected chi connectivity index (χ4v) is 2.61. The quantitative estimate of drug-likeness (QED) is 0.789. The minimum Gasteiger partial charge on any atom is -0.192 e. The first-order chi connectivity index (χ1) is 8.77. The average Bonchev–Trinajstić information content (AvgIpc) is 2.46. The van der Waals surface area contributed by atoms with Crippen molar-refractivity contribution in [2.45, 2.75) is 4.83 Å². The molecule has 0 heterocycles. The number of nitrogens with zero attached hydrogens (tertiary/aromatic N) is 2. The van der Waals surface area contributed by atoms with E-state index < -0.39 is 0 Å². The largest absolute Gasteiger partial charge is 0.192 e. The van der Waals surface area contributed by atoms with E-state index in [9.17, 15) is 0 Å². The van der Waals surface area contributed by atoms with E-state index in [1.165, 1.54) is 0 Å². The van der Waals surface area contributed by atoms with E-state index >= 15 is 0 Å². The Morgan fingerprint density at radius 3 is 1.56 bits per heavy atom. The van der Waals surface area contributed by atoms with E-state index in [-0.39, 0.29) is 4.83 Å². The molecule has 0 unspecified atom stereocenters. The van der Waals surface area contributed by atoms with Crippen LogP contribution in [0, 0.1) is 22.7 Å². The molecule has 0 aromatic heterocycles. The number of hydrogen-bond acceptors (Lipinski definition) is 2. The molecule has 0 fully saturated rings. The van der Waals surface area contributed by atoms with Crippen LogP contribution in [0.1, 0.15) is 27.1 Å². The fourth-order valence-electron chi connectivity index (χ4n) is 1.81. The second-order valence-electron chi connectivity index (χ2n) is 3.76. The predicted molar refractivity (Wildman–Crippen MR) is 73.1 cm³/mol. The standard InChI is InChI=1S/C15H9BrN2/c16-15(13-7-3-1-5-11(13)9-17)14-8-4-2-6-12(14)10-18/h1-8,15H. The molecule has 0 aliphatic carbocycles. The average molecular weight is 297 g/mol. The maximum Gasteiger partial charge on any atom is 0.0995 e. The Kier molecular flexibility index (Phi) is 3.77. The second kappa shape index (κ2) is 5.49. The Morgan fingerprint density at radius 2 is 1.17 bits per heavy atom. The molecule has 2 aromatic carbocycles. The third-order valence-electron chi connectivity index (χ3n) is 2.71. The van der Waals surface area contributed by atoms with Gasteiger partial charge in [0, 0.05) is 0 Å². The normalized spacial score (nSPS) is 9.78. The van der Waals surface area contributed by atoms with Crippen LogP contribution in [-0.4, -0.2) is 0 Å². The van der Waals surface area contributed by atoms with Crippen LogP contribution in [-0.2, 0) is 0 Å². The third-order valence-corrected chi connectivity index (χ3v) is 3.70. The Bertz CT molecular complexity index is 593. The summed E-state index contributed by atoms with van der Waals surface area (Å²) in [5.74, 6) is 0. The summed E-state index contributed by atoms with van der Waals surface area (Å²) in [5.41, 5.74) is 2.99. The van der Waals surface area contributed by atoms with E-state index in [0.717, 1.165) is 11.1 Å². The maximum atomic E-state index is 9.10. The number of benzene rings is 2. The molecule has 0 amide bonds. The zero-order valence-corrected chi connectivity index (χ0v) is 11.1. The Hall–Kier alpha value is -2.10. The highest BCUT2D eigenvalue weighted by atomic mass is 79.9. The summed E-state index contributed by atoms with van der Waals surface area (Å²) in [5, 5.41) is 18.2. The highest BCUT2D eigenvalue weighted by Crippen LogP contribution is 2.34. The summed E-state index contributed by atoms with van der Waals surface area (Å²) in [7, 11) is 0. The van der Waals surface area contributed by atoms with Crippen molar-refractivity contribution in [2.75, 3.05) is 0 Å². The van der Waals surface area contributed by atoms with E-state index in [0.29, 0.717) is 11.1 Å². The lowest BCUT2D eigenvalue weighted by molar-refractivity contribution is 1.15. The molecule has 18 heavy (non-hydrogen) atoms. The van der Waals surface area contributed by atoms with Crippen molar-refractivity contribution in [3.05, 3.63) is 70.8 Å². The molecule has 86 valence electrons. The molecule has 0 aliphatic rings. The fraction of sp³-hybridized carbons (Fsp3) is 0.0667. The molecule has 0 bridgehead atoms. The van der Waals surface area contributed by atoms with Crippen LogP contribution in [0.3, 0.4) is 0 Å². The Morgan fingerprint density at radius 1 is 0.778 bits per heavy atom. The van der Waals surface area contributed by atoms with Crippen molar-refractivity contribution in [1.82, 2.24) is 0 Å². The minimum absolute atomic E-state index is 0.149. The van der Waals surface area contributed by atoms with Gasteiger partial charge in [0.15, 0.2) is 0 Å². The molecule has 0 radical (unpaired) electrons. The first-order valence-corrected chi connectivity index (χ1v) is 6.31. The molecule has 0 N–H and O–H groups in total. The van der Waals surface area contributed by atoms with Gasteiger partial charge in [0.1, 0.15) is 0 Å². The lowest BCUT2D eigenvalue weighted by Crippen LogP contribution is -1.98. The van der Waals surface area contributed by atoms with Crippen LogP contribution < -0.4 is 0 Å². The van der Waals surface area contributed by atoms with Crippen LogP contribution in [0.4, 0.5) is 0 Å². The molecule has 3 heteroatoms. The summed E-state index contributed by atoms with van der Waals surface area (Å²) in [6.07, 6.45) is 0. The molecule has 0 aliphatic heterocycles. The molecular formula is C15H9BrN2. The van der Waals surface area contributed by atoms with E-state index in [1.54, 1.807) is 12.1 Å². The van der Waals surface area contributed by atoms with Gasteiger partial charge >= 0.3 is 0 Å². The first kappa shape index (κ1) is 12.4. The molecule has 0 saturated heterocycles. The number of nitriles is 2. The molecule has 2 aromatic rings. The van der Waals surface area contributed by atoms with Gasteiger partial charge < -0.3 is 0 Å². The highest BCUT2D eigenvalue weighted by molar-refractivity contribution is 9.09. The van der Waals surface area contributed by atoms with Crippen molar-refractivity contribution in [2.24, 2.45) is 0 Å². The summed E-state index contributed by atoms with van der Waals surface area (Å²) < 4.78 is 0. The molecule has 0 saturated carbocycles. The monoisotopic (exact) mass is 296 g/mol. The van der Waals surface area contributed by atoms with Crippen LogP contribution >= 0.6 is 15.9 Å². The Balaban J connectivity index is 2.53. The SMILES string of the molecule is N#Cc1ccccc1C(Br)c1ccccc1C#N. The second-order valence-corrected chi connectivity index (χ2v) is 4.68. The van der Waals surface area contributed by atoms with Crippen molar-refractivity contribution in [3.8, 4) is 12.1 Å². The smallest absolute Gasteiger partial charge is 0.0995 e. The summed E-state index contributed by atoms with van der Waals surface area (Å²) in [6.45, 7) is 0. The van der Waals surface area contributed by atoms with Gasteiger partial charge in [-0.2, -0.15) is 10.5 Å². The first-order valence-electron chi connectivity index (χ1n) is 5.40. The third kappa shape index (κ3) is 2.27. The zero-order chi connectivity index (χ0) is 13.0. The van der Waals surface area contributed by atoms with Gasteiger partial charge in [0.25, 0.3) is 0 Å². The lowest BCUT2D eigenvalue weighted by Gasteiger charge is -2.13. The van der Waals surface area contributed by atoms with Gasteiger partial charge in [0.2, 0.25) is 0 Å². The predicted octanol–water partition coefficient (Wildman–Crippen LogP) is 3.91. The number of hydrogen-bond donors (Lipinski definition) is 0. The van der Waals surface area contributed by atoms with Crippen LogP contribution in [0.25, 0.3) is 0 Å². The molecular weight excluding hydrogens is 288 g/mol. The van der Waals surface area contributed by atoms with Crippen molar-refractivity contribution in [3.63, 3.8) is 0 Å². The number of alkyl halides is 1. The van der Waals surface area contributed by atoms with Crippen molar-refractivity contribution < 1.29 is 0 Å². The van der Waals surface area contributed by atoms with Gasteiger partial charge in [-0.05, 0) is 23.3 Å². The topological polar surface area (TPSA) is 47.6 Å².